The van der Waals surface area contributed by atoms with Crippen molar-refractivity contribution < 1.29 is 23.0 Å². The van der Waals surface area contributed by atoms with Crippen LogP contribution in [0, 0.1) is 0 Å². The first-order valence-corrected chi connectivity index (χ1v) is 8.24. The molecule has 2 aromatic rings. The number of hydrogen-bond donors (Lipinski definition) is 1. The Kier molecular flexibility index (Phi) is 6.11. The molecule has 1 N–H and O–H groups in total. The van der Waals surface area contributed by atoms with Crippen molar-refractivity contribution in [1.29, 1.82) is 0 Å². The summed E-state index contributed by atoms with van der Waals surface area (Å²) in [5.41, 5.74) is 0.225. The summed E-state index contributed by atoms with van der Waals surface area (Å²) in [5, 5.41) is 10.7. The highest BCUT2D eigenvalue weighted by atomic mass is 32.2. The average Bonchev–Trinajstić information content (AvgIpc) is 2.94. The monoisotopic (exact) mass is 361 g/mol. The number of methoxy groups -OCH3 is 1. The Labute approximate surface area is 139 Å². The number of nitrogens with zero attached hydrogens (tertiary/aromatic N) is 2. The standard InChI is InChI=1S/C13H13F2N3O3S2/c1-3-22-13-18-17-12(23-13)16-10(19)7-4-5-8(21-11(14)15)9(6-7)20-2/h4-6,11H,3H2,1-2H3,(H,16,17,19). The van der Waals surface area contributed by atoms with Gasteiger partial charge in [0, 0.05) is 5.56 Å². The Morgan fingerprint density at radius 3 is 2.83 bits per heavy atom. The third kappa shape index (κ3) is 4.76. The van der Waals surface area contributed by atoms with Crippen LogP contribution in [-0.4, -0.2) is 35.6 Å². The van der Waals surface area contributed by atoms with E-state index in [4.69, 9.17) is 4.74 Å². The minimum Gasteiger partial charge on any atom is -0.493 e. The van der Waals surface area contributed by atoms with Crippen LogP contribution in [0.5, 0.6) is 11.5 Å². The summed E-state index contributed by atoms with van der Waals surface area (Å²) < 4.78 is 34.6. The number of aromatic nitrogens is 2. The van der Waals surface area contributed by atoms with Crippen LogP contribution in [0.2, 0.25) is 0 Å². The van der Waals surface area contributed by atoms with Crippen LogP contribution in [0.4, 0.5) is 13.9 Å². The molecular weight excluding hydrogens is 348 g/mol. The second kappa shape index (κ2) is 8.06. The predicted molar refractivity (Wildman–Crippen MR) is 83.9 cm³/mol. The Morgan fingerprint density at radius 2 is 2.17 bits per heavy atom. The summed E-state index contributed by atoms with van der Waals surface area (Å²) in [5.74, 6) is 0.302. The second-order valence-corrected chi connectivity index (χ2v) is 6.49. The molecule has 124 valence electrons. The summed E-state index contributed by atoms with van der Waals surface area (Å²) in [7, 11) is 1.30. The molecule has 0 atom stereocenters. The van der Waals surface area contributed by atoms with Gasteiger partial charge in [-0.15, -0.1) is 10.2 Å². The van der Waals surface area contributed by atoms with Gasteiger partial charge in [-0.3, -0.25) is 10.1 Å². The van der Waals surface area contributed by atoms with Gasteiger partial charge in [-0.05, 0) is 24.0 Å². The third-order valence-electron chi connectivity index (χ3n) is 2.54. The van der Waals surface area contributed by atoms with Crippen LogP contribution >= 0.6 is 23.1 Å². The molecular formula is C13H13F2N3O3S2. The SMILES string of the molecule is CCSc1nnc(NC(=O)c2ccc(OC(F)F)c(OC)c2)s1. The number of nitrogens with one attached hydrogen (secondary N) is 1. The molecule has 0 saturated heterocycles. The molecule has 1 aromatic carbocycles. The molecule has 0 spiro atoms. The molecule has 0 fully saturated rings. The van der Waals surface area contributed by atoms with E-state index in [-0.39, 0.29) is 17.1 Å². The van der Waals surface area contributed by atoms with Crippen molar-refractivity contribution >= 4 is 34.1 Å². The molecule has 23 heavy (non-hydrogen) atoms. The maximum atomic E-state index is 12.3. The van der Waals surface area contributed by atoms with E-state index in [0.29, 0.717) is 5.13 Å². The molecule has 1 amide bonds. The fourth-order valence-electron chi connectivity index (χ4n) is 1.61. The van der Waals surface area contributed by atoms with E-state index in [1.54, 1.807) is 0 Å². The zero-order chi connectivity index (χ0) is 16.8. The van der Waals surface area contributed by atoms with Gasteiger partial charge in [0.1, 0.15) is 0 Å². The van der Waals surface area contributed by atoms with Gasteiger partial charge in [-0.2, -0.15) is 8.78 Å². The smallest absolute Gasteiger partial charge is 0.387 e. The van der Waals surface area contributed by atoms with Crippen LogP contribution < -0.4 is 14.8 Å². The summed E-state index contributed by atoms with van der Waals surface area (Å²) in [4.78, 5) is 12.2. The first kappa shape index (κ1) is 17.4. The van der Waals surface area contributed by atoms with Gasteiger partial charge in [-0.25, -0.2) is 0 Å². The summed E-state index contributed by atoms with van der Waals surface area (Å²) in [6.07, 6.45) is 0. The van der Waals surface area contributed by atoms with Gasteiger partial charge in [0.05, 0.1) is 7.11 Å². The maximum Gasteiger partial charge on any atom is 0.387 e. The number of ether oxygens (including phenoxy) is 2. The number of rotatable bonds is 7. The minimum atomic E-state index is -2.97. The Bertz CT molecular complexity index is 682. The van der Waals surface area contributed by atoms with Crippen molar-refractivity contribution in [3.05, 3.63) is 23.8 Å². The lowest BCUT2D eigenvalue weighted by molar-refractivity contribution is -0.0512. The zero-order valence-electron chi connectivity index (χ0n) is 12.2. The molecule has 0 aliphatic heterocycles. The van der Waals surface area contributed by atoms with E-state index < -0.39 is 12.5 Å². The normalized spacial score (nSPS) is 10.7. The first-order valence-electron chi connectivity index (χ1n) is 6.44. The summed E-state index contributed by atoms with van der Waals surface area (Å²) >= 11 is 2.77. The van der Waals surface area contributed by atoms with E-state index in [1.165, 1.54) is 48.4 Å². The van der Waals surface area contributed by atoms with Crippen LogP contribution in [0.15, 0.2) is 22.5 Å². The van der Waals surface area contributed by atoms with E-state index >= 15 is 0 Å². The van der Waals surface area contributed by atoms with Crippen molar-refractivity contribution in [2.75, 3.05) is 18.2 Å². The number of alkyl halides is 2. The predicted octanol–water partition coefficient (Wildman–Crippen LogP) is 3.51. The Morgan fingerprint density at radius 1 is 1.39 bits per heavy atom. The number of thioether (sulfide) groups is 1. The van der Waals surface area contributed by atoms with Crippen LogP contribution in [0.1, 0.15) is 17.3 Å². The minimum absolute atomic E-state index is 0.0393. The first-order chi connectivity index (χ1) is 11.0. The number of halogens is 2. The Hall–Kier alpha value is -1.94. The molecule has 2 rings (SSSR count). The Balaban J connectivity index is 2.12. The zero-order valence-corrected chi connectivity index (χ0v) is 13.8. The van der Waals surface area contributed by atoms with Crippen molar-refractivity contribution in [2.45, 2.75) is 17.9 Å². The molecule has 1 heterocycles. The van der Waals surface area contributed by atoms with Gasteiger partial charge in [0.2, 0.25) is 5.13 Å². The van der Waals surface area contributed by atoms with Gasteiger partial charge in [0.15, 0.2) is 15.8 Å². The number of carbonyl (C=O) groups excluding carboxylic acids is 1. The van der Waals surface area contributed by atoms with Crippen LogP contribution in [-0.2, 0) is 0 Å². The molecule has 6 nitrogen and oxygen atoms in total. The molecule has 0 radical (unpaired) electrons. The second-order valence-electron chi connectivity index (χ2n) is 4.00. The number of benzene rings is 1. The fourth-order valence-corrected chi connectivity index (χ4v) is 3.26. The lowest BCUT2D eigenvalue weighted by Crippen LogP contribution is -2.12. The molecule has 0 unspecified atom stereocenters. The fraction of sp³-hybridized carbons (Fsp3) is 0.308. The number of anilines is 1. The van der Waals surface area contributed by atoms with E-state index in [9.17, 15) is 13.6 Å². The van der Waals surface area contributed by atoms with Gasteiger partial charge in [-0.1, -0.05) is 30.0 Å². The molecule has 0 bridgehead atoms. The summed E-state index contributed by atoms with van der Waals surface area (Å²) in [6.45, 7) is -0.987. The topological polar surface area (TPSA) is 73.3 Å². The van der Waals surface area contributed by atoms with E-state index in [0.717, 1.165) is 10.1 Å². The molecule has 0 saturated carbocycles. The molecule has 0 aliphatic rings. The van der Waals surface area contributed by atoms with Gasteiger partial charge in [0.25, 0.3) is 5.91 Å². The van der Waals surface area contributed by atoms with Crippen molar-refractivity contribution in [3.63, 3.8) is 0 Å². The highest BCUT2D eigenvalue weighted by Crippen LogP contribution is 2.30. The maximum absolute atomic E-state index is 12.3. The highest BCUT2D eigenvalue weighted by molar-refractivity contribution is 8.01. The van der Waals surface area contributed by atoms with Gasteiger partial charge < -0.3 is 9.47 Å². The number of hydrogen-bond acceptors (Lipinski definition) is 7. The molecule has 1 aromatic heterocycles. The molecule has 10 heteroatoms. The summed E-state index contributed by atoms with van der Waals surface area (Å²) in [6, 6.07) is 3.92. The van der Waals surface area contributed by atoms with E-state index in [2.05, 4.69) is 20.3 Å². The molecule has 0 aliphatic carbocycles. The quantitative estimate of drug-likeness (QED) is 0.601. The number of amides is 1. The lowest BCUT2D eigenvalue weighted by Gasteiger charge is -2.11. The van der Waals surface area contributed by atoms with Crippen LogP contribution in [0.25, 0.3) is 0 Å². The number of carbonyl (C=O) groups is 1. The average molecular weight is 361 g/mol. The highest BCUT2D eigenvalue weighted by Gasteiger charge is 2.15. The largest absolute Gasteiger partial charge is 0.493 e. The lowest BCUT2D eigenvalue weighted by atomic mass is 10.2. The van der Waals surface area contributed by atoms with Crippen molar-refractivity contribution in [2.24, 2.45) is 0 Å². The van der Waals surface area contributed by atoms with Crippen molar-refractivity contribution in [1.82, 2.24) is 10.2 Å². The van der Waals surface area contributed by atoms with Gasteiger partial charge >= 0.3 is 6.61 Å². The van der Waals surface area contributed by atoms with Crippen molar-refractivity contribution in [3.8, 4) is 11.5 Å². The van der Waals surface area contributed by atoms with Crippen LogP contribution in [0.3, 0.4) is 0 Å². The third-order valence-corrected chi connectivity index (χ3v) is 4.39. The van der Waals surface area contributed by atoms with E-state index in [1.807, 2.05) is 6.92 Å².